The van der Waals surface area contributed by atoms with Gasteiger partial charge in [0.15, 0.2) is 0 Å². The monoisotopic (exact) mass is 920 g/mol. The Hall–Kier alpha value is -5.66. The van der Waals surface area contributed by atoms with Crippen LogP contribution in [0.4, 0.5) is 11.6 Å². The lowest BCUT2D eigenvalue weighted by molar-refractivity contribution is 0.0591. The Kier molecular flexibility index (Phi) is 20.4. The fraction of sp³-hybridized carbons (Fsp3) is 0.311. The summed E-state index contributed by atoms with van der Waals surface area (Å²) in [6.45, 7) is 9.97. The molecule has 0 saturated carbocycles. The topological polar surface area (TPSA) is 174 Å². The van der Waals surface area contributed by atoms with Crippen molar-refractivity contribution in [3.05, 3.63) is 137 Å². The number of pyridine rings is 2. The zero-order valence-corrected chi connectivity index (χ0v) is 38.8. The summed E-state index contributed by atoms with van der Waals surface area (Å²) in [5, 5.41) is 12.0. The van der Waals surface area contributed by atoms with Crippen LogP contribution in [0.5, 0.6) is 17.2 Å². The van der Waals surface area contributed by atoms with Gasteiger partial charge in [-0.3, -0.25) is 10.0 Å². The van der Waals surface area contributed by atoms with Gasteiger partial charge in [0.05, 0.1) is 37.4 Å². The number of hydroxylamine groups is 1. The largest absolute Gasteiger partial charge is 0.492 e. The van der Waals surface area contributed by atoms with E-state index in [0.29, 0.717) is 61.4 Å². The van der Waals surface area contributed by atoms with E-state index in [0.717, 1.165) is 46.4 Å². The molecule has 18 heteroatoms. The normalized spacial score (nSPS) is 16.9. The molecule has 0 spiro atoms. The number of nitrogens with zero attached hydrogens (tertiary/aromatic N) is 4. The smallest absolute Gasteiger partial charge is 0.337 e. The van der Waals surface area contributed by atoms with Crippen LogP contribution in [0.3, 0.4) is 0 Å². The van der Waals surface area contributed by atoms with Crippen molar-refractivity contribution in [3.8, 4) is 17.2 Å². The summed E-state index contributed by atoms with van der Waals surface area (Å²) >= 11 is 0. The van der Waals surface area contributed by atoms with Gasteiger partial charge in [-0.15, -0.1) is 0 Å². The maximum absolute atomic E-state index is 11.6. The van der Waals surface area contributed by atoms with Crippen LogP contribution in [0.15, 0.2) is 103 Å². The zero-order chi connectivity index (χ0) is 42.6. The molecule has 5 heterocycles. The SMILES string of the molecule is COC(=O)c1ccc2c(c1)OC[C@H](C)N(c1ccccn1)C2.COC(=O)c1ccc2c(c1)OC[C@H](C)NC2.C[C@H]1COc2cc(C(=O)NO)ccc2CN1c1ccccn1.S.S.S. The van der Waals surface area contributed by atoms with Crippen molar-refractivity contribution in [3.63, 3.8) is 0 Å². The molecule has 3 N–H and O–H groups in total. The van der Waals surface area contributed by atoms with Crippen molar-refractivity contribution < 1.29 is 43.3 Å². The molecule has 0 aliphatic carbocycles. The van der Waals surface area contributed by atoms with Gasteiger partial charge in [0.2, 0.25) is 0 Å². The average molecular weight is 921 g/mol. The molecule has 5 aromatic rings. The van der Waals surface area contributed by atoms with Crippen LogP contribution < -0.4 is 34.8 Å². The molecule has 15 nitrogen and oxygen atoms in total. The van der Waals surface area contributed by atoms with E-state index in [1.807, 2.05) is 54.6 Å². The number of ether oxygens (including phenoxy) is 5. The van der Waals surface area contributed by atoms with Gasteiger partial charge >= 0.3 is 11.9 Å². The van der Waals surface area contributed by atoms with Gasteiger partial charge in [0, 0.05) is 60.3 Å². The van der Waals surface area contributed by atoms with Crippen molar-refractivity contribution in [2.45, 2.75) is 58.5 Å². The molecular weight excluding hydrogens is 865 g/mol. The lowest BCUT2D eigenvalue weighted by atomic mass is 10.1. The first-order valence-electron chi connectivity index (χ1n) is 19.5. The number of methoxy groups -OCH3 is 2. The molecule has 63 heavy (non-hydrogen) atoms. The number of esters is 2. The van der Waals surface area contributed by atoms with Crippen LogP contribution in [0.1, 0.15) is 68.5 Å². The van der Waals surface area contributed by atoms with Crippen molar-refractivity contribution in [2.75, 3.05) is 43.8 Å². The number of carbonyl (C=O) groups is 3. The lowest BCUT2D eigenvalue weighted by Crippen LogP contribution is -2.35. The molecule has 2 aromatic heterocycles. The number of benzene rings is 3. The summed E-state index contributed by atoms with van der Waals surface area (Å²) in [6.07, 6.45) is 3.55. The Bertz CT molecular complexity index is 2140. The Morgan fingerprint density at radius 1 is 0.635 bits per heavy atom. The van der Waals surface area contributed by atoms with Crippen LogP contribution >= 0.6 is 40.5 Å². The lowest BCUT2D eigenvalue weighted by Gasteiger charge is -2.27. The highest BCUT2D eigenvalue weighted by Crippen LogP contribution is 2.31. The molecule has 0 fully saturated rings. The minimum absolute atomic E-state index is 0. The van der Waals surface area contributed by atoms with Gasteiger partial charge < -0.3 is 38.8 Å². The molecule has 0 bridgehead atoms. The van der Waals surface area contributed by atoms with Crippen LogP contribution in [0, 0.1) is 0 Å². The fourth-order valence-corrected chi connectivity index (χ4v) is 6.67. The molecule has 3 aromatic carbocycles. The highest BCUT2D eigenvalue weighted by atomic mass is 32.1. The first-order valence-corrected chi connectivity index (χ1v) is 19.5. The van der Waals surface area contributed by atoms with Gasteiger partial charge in [0.25, 0.3) is 5.91 Å². The predicted octanol–water partition coefficient (Wildman–Crippen LogP) is 6.33. The molecule has 1 amide bonds. The minimum Gasteiger partial charge on any atom is -0.492 e. The second kappa shape index (κ2) is 24.8. The van der Waals surface area contributed by atoms with Crippen LogP contribution in [0.2, 0.25) is 0 Å². The van der Waals surface area contributed by atoms with E-state index in [4.69, 9.17) is 24.2 Å². The second-order valence-corrected chi connectivity index (χ2v) is 14.4. The number of aromatic nitrogens is 2. The fourth-order valence-electron chi connectivity index (χ4n) is 6.67. The van der Waals surface area contributed by atoms with E-state index < -0.39 is 5.91 Å². The Balaban J connectivity index is 0.000000249. The average Bonchev–Trinajstić information content (AvgIpc) is 3.67. The number of carbonyl (C=O) groups excluding carboxylic acids is 3. The number of amides is 1. The van der Waals surface area contributed by atoms with Gasteiger partial charge in [-0.1, -0.05) is 30.3 Å². The Morgan fingerprint density at radius 3 is 1.51 bits per heavy atom. The number of hydrogen-bond acceptors (Lipinski definition) is 14. The summed E-state index contributed by atoms with van der Waals surface area (Å²) < 4.78 is 26.7. The van der Waals surface area contributed by atoms with Crippen molar-refractivity contribution >= 4 is 70.0 Å². The first-order chi connectivity index (χ1) is 29.1. The summed E-state index contributed by atoms with van der Waals surface area (Å²) in [5.74, 6) is 2.72. The summed E-state index contributed by atoms with van der Waals surface area (Å²) in [4.78, 5) is 47.7. The molecule has 3 aliphatic heterocycles. The van der Waals surface area contributed by atoms with E-state index in [-0.39, 0.29) is 64.5 Å². The van der Waals surface area contributed by atoms with Crippen LogP contribution in [0.25, 0.3) is 0 Å². The number of anilines is 2. The highest BCUT2D eigenvalue weighted by molar-refractivity contribution is 7.59. The van der Waals surface area contributed by atoms with Gasteiger partial charge in [0.1, 0.15) is 48.7 Å². The summed E-state index contributed by atoms with van der Waals surface area (Å²) in [5.41, 5.74) is 6.09. The number of rotatable bonds is 5. The molecule has 338 valence electrons. The van der Waals surface area contributed by atoms with Crippen molar-refractivity contribution in [1.82, 2.24) is 20.8 Å². The standard InChI is InChI=1S/C17H18N2O3.C16H17N3O3.C12H15NO3.3H2S/c1-12-11-22-15-9-13(17(20)21-2)6-7-14(15)10-19(12)16-5-3-4-8-18-16;1-11-10-22-14-8-12(16(20)18-21)5-6-13(14)9-19(11)15-4-2-3-7-17-15;1-8-7-16-11-5-9(12(14)15-2)3-4-10(11)6-13-8;;;/h3-9,12H,10-11H2,1-2H3;2-8,11,21H,9-10H2,1H3,(H,18,20);3-5,8,13H,6-7H2,1-2H3;3*1H2/t12-;11-;8-;;;/m000.../s1. The van der Waals surface area contributed by atoms with E-state index >= 15 is 0 Å². The number of hydrogen-bond donors (Lipinski definition) is 3. The van der Waals surface area contributed by atoms with Crippen molar-refractivity contribution in [2.24, 2.45) is 0 Å². The van der Waals surface area contributed by atoms with Crippen LogP contribution in [-0.2, 0) is 29.1 Å². The Morgan fingerprint density at radius 2 is 1.06 bits per heavy atom. The predicted molar refractivity (Wildman–Crippen MR) is 255 cm³/mol. The molecule has 0 radical (unpaired) electrons. The third-order valence-corrected chi connectivity index (χ3v) is 10.1. The summed E-state index contributed by atoms with van der Waals surface area (Å²) in [6, 6.07) is 28.3. The van der Waals surface area contributed by atoms with E-state index in [2.05, 4.69) is 50.6 Å². The highest BCUT2D eigenvalue weighted by Gasteiger charge is 2.25. The third kappa shape index (κ3) is 13.4. The van der Waals surface area contributed by atoms with E-state index in [1.165, 1.54) is 14.2 Å². The van der Waals surface area contributed by atoms with Gasteiger partial charge in [-0.25, -0.2) is 25.0 Å². The minimum atomic E-state index is -0.551. The maximum atomic E-state index is 11.6. The molecular formula is C45H56N6O9S3. The summed E-state index contributed by atoms with van der Waals surface area (Å²) in [7, 11) is 2.75. The quantitative estimate of drug-likeness (QED) is 0.101. The van der Waals surface area contributed by atoms with Crippen LogP contribution in [-0.4, -0.2) is 85.2 Å². The maximum Gasteiger partial charge on any atom is 0.337 e. The number of nitrogens with one attached hydrogen (secondary N) is 2. The first kappa shape index (κ1) is 51.7. The molecule has 0 unspecified atom stereocenters. The van der Waals surface area contributed by atoms with E-state index in [9.17, 15) is 14.4 Å². The van der Waals surface area contributed by atoms with Gasteiger partial charge in [-0.2, -0.15) is 40.5 Å². The van der Waals surface area contributed by atoms with E-state index in [1.54, 1.807) is 54.3 Å². The number of fused-ring (bicyclic) bond motifs is 3. The zero-order valence-electron chi connectivity index (χ0n) is 35.8. The molecule has 8 rings (SSSR count). The van der Waals surface area contributed by atoms with Gasteiger partial charge in [-0.05, 0) is 81.4 Å². The Labute approximate surface area is 388 Å². The molecule has 3 aliphatic rings. The third-order valence-electron chi connectivity index (χ3n) is 10.1. The molecule has 0 saturated heterocycles. The second-order valence-electron chi connectivity index (χ2n) is 14.4. The molecule has 3 atom stereocenters. The van der Waals surface area contributed by atoms with Crippen molar-refractivity contribution in [1.29, 1.82) is 0 Å².